The minimum atomic E-state index is -0.00988. The fourth-order valence-corrected chi connectivity index (χ4v) is 4.22. The van der Waals surface area contributed by atoms with Gasteiger partial charge >= 0.3 is 0 Å². The summed E-state index contributed by atoms with van der Waals surface area (Å²) in [7, 11) is 0. The lowest BCUT2D eigenvalue weighted by Gasteiger charge is -2.42. The summed E-state index contributed by atoms with van der Waals surface area (Å²) in [6, 6.07) is 4.41. The first-order valence-electron chi connectivity index (χ1n) is 8.40. The zero-order valence-corrected chi connectivity index (χ0v) is 15.9. The van der Waals surface area contributed by atoms with E-state index in [2.05, 4.69) is 56.3 Å². The lowest BCUT2D eigenvalue weighted by Crippen LogP contribution is -2.54. The van der Waals surface area contributed by atoms with Gasteiger partial charge in [-0.3, -0.25) is 9.69 Å². The minimum Gasteiger partial charge on any atom is -0.347 e. The molecule has 23 heavy (non-hydrogen) atoms. The fourth-order valence-electron chi connectivity index (χ4n) is 3.20. The summed E-state index contributed by atoms with van der Waals surface area (Å²) < 4.78 is 0. The zero-order valence-electron chi connectivity index (χ0n) is 15.1. The van der Waals surface area contributed by atoms with Gasteiger partial charge < -0.3 is 11.1 Å². The van der Waals surface area contributed by atoms with Crippen molar-refractivity contribution in [1.82, 2.24) is 10.2 Å². The first-order valence-corrected chi connectivity index (χ1v) is 9.28. The van der Waals surface area contributed by atoms with Gasteiger partial charge in [-0.25, -0.2) is 0 Å². The van der Waals surface area contributed by atoms with Crippen molar-refractivity contribution in [2.45, 2.75) is 53.1 Å². The Balaban J connectivity index is 1.98. The van der Waals surface area contributed by atoms with E-state index in [0.29, 0.717) is 6.54 Å². The van der Waals surface area contributed by atoms with Crippen LogP contribution in [0.4, 0.5) is 0 Å². The quantitative estimate of drug-likeness (QED) is 0.888. The maximum Gasteiger partial charge on any atom is 0.234 e. The highest BCUT2D eigenvalue weighted by molar-refractivity contribution is 7.10. The van der Waals surface area contributed by atoms with Crippen molar-refractivity contribution in [1.29, 1.82) is 0 Å². The maximum absolute atomic E-state index is 12.6. The van der Waals surface area contributed by atoms with Crippen LogP contribution in [0.3, 0.4) is 0 Å². The monoisotopic (exact) mass is 337 g/mol. The van der Waals surface area contributed by atoms with Crippen molar-refractivity contribution in [3.05, 3.63) is 22.4 Å². The summed E-state index contributed by atoms with van der Waals surface area (Å²) in [6.07, 6.45) is 0.952. The molecule has 2 unspecified atom stereocenters. The first-order chi connectivity index (χ1) is 10.6. The molecule has 0 radical (unpaired) electrons. The van der Waals surface area contributed by atoms with E-state index >= 15 is 0 Å². The molecule has 1 aromatic heterocycles. The third-order valence-electron chi connectivity index (χ3n) is 4.76. The van der Waals surface area contributed by atoms with E-state index in [-0.39, 0.29) is 28.8 Å². The number of thiophene rings is 1. The standard InChI is InChI=1S/C18H31N3OS/c1-17(2,3)16(13-7-6-10-23-13)20-15(22)11-21-9-8-14(19)18(4,5)12-21/h6-7,10,14,16H,8-9,11-12,19H2,1-5H3,(H,20,22). The predicted octanol–water partition coefficient (Wildman–Crippen LogP) is 3.01. The van der Waals surface area contributed by atoms with Crippen molar-refractivity contribution < 1.29 is 4.79 Å². The van der Waals surface area contributed by atoms with Gasteiger partial charge in [0.25, 0.3) is 0 Å². The Kier molecular flexibility index (Phi) is 5.54. The number of amides is 1. The summed E-state index contributed by atoms with van der Waals surface area (Å²) in [5, 5.41) is 5.31. The van der Waals surface area contributed by atoms with Crippen LogP contribution in [0.5, 0.6) is 0 Å². The molecule has 5 heteroatoms. The molecule has 2 heterocycles. The molecule has 0 spiro atoms. The molecule has 1 amide bonds. The molecule has 2 atom stereocenters. The van der Waals surface area contributed by atoms with Crippen LogP contribution in [0.25, 0.3) is 0 Å². The second kappa shape index (κ2) is 6.91. The molecule has 1 saturated heterocycles. The Morgan fingerprint density at radius 2 is 2.22 bits per heavy atom. The highest BCUT2D eigenvalue weighted by Crippen LogP contribution is 2.35. The van der Waals surface area contributed by atoms with Gasteiger partial charge in [0.1, 0.15) is 0 Å². The summed E-state index contributed by atoms with van der Waals surface area (Å²) >= 11 is 1.70. The average molecular weight is 338 g/mol. The van der Waals surface area contributed by atoms with Crippen LogP contribution in [-0.2, 0) is 4.79 Å². The molecule has 1 aromatic rings. The fraction of sp³-hybridized carbons (Fsp3) is 0.722. The zero-order chi connectivity index (χ0) is 17.3. The van der Waals surface area contributed by atoms with Crippen LogP contribution in [0.15, 0.2) is 17.5 Å². The summed E-state index contributed by atoms with van der Waals surface area (Å²) in [5.41, 5.74) is 6.24. The highest BCUT2D eigenvalue weighted by atomic mass is 32.1. The lowest BCUT2D eigenvalue weighted by molar-refractivity contribution is -0.124. The molecule has 3 N–H and O–H groups in total. The number of nitrogens with two attached hydrogens (primary N) is 1. The average Bonchev–Trinajstić information content (AvgIpc) is 2.92. The van der Waals surface area contributed by atoms with Crippen LogP contribution >= 0.6 is 11.3 Å². The van der Waals surface area contributed by atoms with Gasteiger partial charge in [0.05, 0.1) is 12.6 Å². The predicted molar refractivity (Wildman–Crippen MR) is 97.5 cm³/mol. The molecule has 1 fully saturated rings. The first kappa shape index (κ1) is 18.4. The van der Waals surface area contributed by atoms with Crippen molar-refractivity contribution in [2.75, 3.05) is 19.6 Å². The Morgan fingerprint density at radius 3 is 2.74 bits per heavy atom. The normalized spacial score (nSPS) is 23.5. The van der Waals surface area contributed by atoms with E-state index in [1.807, 2.05) is 6.07 Å². The number of hydrogen-bond donors (Lipinski definition) is 2. The topological polar surface area (TPSA) is 58.4 Å². The lowest BCUT2D eigenvalue weighted by atomic mass is 9.80. The van der Waals surface area contributed by atoms with Gasteiger partial charge in [0.2, 0.25) is 5.91 Å². The van der Waals surface area contributed by atoms with E-state index in [1.165, 1.54) is 4.88 Å². The van der Waals surface area contributed by atoms with Gasteiger partial charge in [-0.15, -0.1) is 11.3 Å². The molecule has 0 saturated carbocycles. The molecule has 0 bridgehead atoms. The molecule has 130 valence electrons. The molecule has 1 aliphatic rings. The molecule has 0 aliphatic carbocycles. The van der Waals surface area contributed by atoms with E-state index in [9.17, 15) is 4.79 Å². The van der Waals surface area contributed by atoms with Gasteiger partial charge in [0.15, 0.2) is 0 Å². The van der Waals surface area contributed by atoms with Crippen LogP contribution in [0, 0.1) is 10.8 Å². The Bertz CT molecular complexity index is 519. The molecular weight excluding hydrogens is 306 g/mol. The van der Waals surface area contributed by atoms with Crippen LogP contribution in [0.2, 0.25) is 0 Å². The second-order valence-corrected chi connectivity index (χ2v) is 9.46. The second-order valence-electron chi connectivity index (χ2n) is 8.48. The number of piperidine rings is 1. The number of likely N-dealkylation sites (tertiary alicyclic amines) is 1. The van der Waals surface area contributed by atoms with Crippen LogP contribution in [-0.4, -0.2) is 36.5 Å². The number of rotatable bonds is 4. The smallest absolute Gasteiger partial charge is 0.234 e. The highest BCUT2D eigenvalue weighted by Gasteiger charge is 2.35. The molecule has 1 aliphatic heterocycles. The SMILES string of the molecule is CC(C)(C)C(NC(=O)CN1CCC(N)C(C)(C)C1)c1cccs1. The van der Waals surface area contributed by atoms with E-state index in [1.54, 1.807) is 11.3 Å². The number of carbonyl (C=O) groups excluding carboxylic acids is 1. The summed E-state index contributed by atoms with van der Waals surface area (Å²) in [6.45, 7) is 13.1. The van der Waals surface area contributed by atoms with Crippen molar-refractivity contribution in [2.24, 2.45) is 16.6 Å². The van der Waals surface area contributed by atoms with Gasteiger partial charge in [-0.2, -0.15) is 0 Å². The molecule has 0 aromatic carbocycles. The Morgan fingerprint density at radius 1 is 1.52 bits per heavy atom. The van der Waals surface area contributed by atoms with Crippen molar-refractivity contribution >= 4 is 17.2 Å². The largest absolute Gasteiger partial charge is 0.347 e. The van der Waals surface area contributed by atoms with E-state index in [0.717, 1.165) is 19.5 Å². The van der Waals surface area contributed by atoms with Crippen LogP contribution in [0.1, 0.15) is 52.0 Å². The number of nitrogens with one attached hydrogen (secondary N) is 1. The summed E-state index contributed by atoms with van der Waals surface area (Å²) in [4.78, 5) is 16.0. The van der Waals surface area contributed by atoms with Crippen molar-refractivity contribution in [3.63, 3.8) is 0 Å². The Labute approximate surface area is 144 Å². The number of carbonyl (C=O) groups is 1. The third kappa shape index (κ3) is 4.78. The van der Waals surface area contributed by atoms with Gasteiger partial charge in [-0.05, 0) is 28.7 Å². The number of nitrogens with zero attached hydrogens (tertiary/aromatic N) is 1. The van der Waals surface area contributed by atoms with E-state index in [4.69, 9.17) is 5.73 Å². The Hall–Kier alpha value is -0.910. The number of hydrogen-bond acceptors (Lipinski definition) is 4. The maximum atomic E-state index is 12.6. The van der Waals surface area contributed by atoms with Gasteiger partial charge in [0, 0.05) is 24.0 Å². The van der Waals surface area contributed by atoms with E-state index < -0.39 is 0 Å². The molecule has 2 rings (SSSR count). The third-order valence-corrected chi connectivity index (χ3v) is 5.69. The van der Waals surface area contributed by atoms with Gasteiger partial charge in [-0.1, -0.05) is 40.7 Å². The molecular formula is C18H31N3OS. The minimum absolute atomic E-state index is 0.00988. The van der Waals surface area contributed by atoms with Crippen LogP contribution < -0.4 is 11.1 Å². The van der Waals surface area contributed by atoms with Crippen molar-refractivity contribution in [3.8, 4) is 0 Å². The molecule has 4 nitrogen and oxygen atoms in total. The summed E-state index contributed by atoms with van der Waals surface area (Å²) in [5.74, 6) is 0.101.